The van der Waals surface area contributed by atoms with Gasteiger partial charge < -0.3 is 20.5 Å². The quantitative estimate of drug-likeness (QED) is 0.596. The summed E-state index contributed by atoms with van der Waals surface area (Å²) < 4.78 is 13.8. The second-order valence-corrected chi connectivity index (χ2v) is 9.51. The maximum atomic E-state index is 13.8. The maximum Gasteiger partial charge on any atom is 0.256 e. The Kier molecular flexibility index (Phi) is 5.09. The minimum absolute atomic E-state index is 0.0160. The molecule has 31 heavy (non-hydrogen) atoms. The highest BCUT2D eigenvalue weighted by atomic mass is 19.1. The first-order valence-electron chi connectivity index (χ1n) is 10.7. The highest BCUT2D eigenvalue weighted by Crippen LogP contribution is 2.42. The average molecular weight is 423 g/mol. The summed E-state index contributed by atoms with van der Waals surface area (Å²) in [5, 5.41) is 6.37. The number of amides is 1. The molecule has 2 aliphatic rings. The van der Waals surface area contributed by atoms with E-state index in [1.165, 1.54) is 12.1 Å². The minimum Gasteiger partial charge on any atom is -0.357 e. The lowest BCUT2D eigenvalue weighted by Gasteiger charge is -2.35. The molecule has 0 bridgehead atoms. The number of benzene rings is 1. The Balaban J connectivity index is 1.65. The van der Waals surface area contributed by atoms with Gasteiger partial charge in [-0.1, -0.05) is 13.5 Å². The van der Waals surface area contributed by atoms with Crippen molar-refractivity contribution in [1.82, 2.24) is 9.88 Å². The summed E-state index contributed by atoms with van der Waals surface area (Å²) in [5.74, 6) is 0.214. The standard InChI is InChI=1S/C25H31FN4O/c1-13-12-30(7)25(5,6)22(13)15(3)28-23-14(2)21(27-16(23)4)11-19-18-10-17(26)8-9-20(18)29-24(19)31/h8-11,13,22,27-28H,3,12H2,1-2,4-7H3,(H,29,31)/b19-11-. The monoisotopic (exact) mass is 422 g/mol. The Morgan fingerprint density at radius 1 is 1.35 bits per heavy atom. The van der Waals surface area contributed by atoms with Crippen LogP contribution in [0.5, 0.6) is 0 Å². The van der Waals surface area contributed by atoms with Crippen LogP contribution in [0.1, 0.15) is 43.3 Å². The molecule has 1 saturated heterocycles. The van der Waals surface area contributed by atoms with Crippen LogP contribution in [0.4, 0.5) is 15.8 Å². The Morgan fingerprint density at radius 3 is 2.71 bits per heavy atom. The normalized spacial score (nSPS) is 23.8. The molecule has 2 aliphatic heterocycles. The topological polar surface area (TPSA) is 60.2 Å². The van der Waals surface area contributed by atoms with Crippen molar-refractivity contribution in [2.24, 2.45) is 11.8 Å². The molecule has 1 aromatic carbocycles. The van der Waals surface area contributed by atoms with Crippen LogP contribution in [-0.2, 0) is 4.79 Å². The number of hydrogen-bond acceptors (Lipinski definition) is 3. The van der Waals surface area contributed by atoms with Crippen LogP contribution in [0.25, 0.3) is 11.6 Å². The number of aromatic amines is 1. The van der Waals surface area contributed by atoms with Crippen LogP contribution in [0.15, 0.2) is 30.5 Å². The zero-order chi connectivity index (χ0) is 22.7. The lowest BCUT2D eigenvalue weighted by molar-refractivity contribution is -0.110. The molecule has 1 amide bonds. The van der Waals surface area contributed by atoms with Gasteiger partial charge in [-0.15, -0.1) is 0 Å². The predicted molar refractivity (Wildman–Crippen MR) is 125 cm³/mol. The molecule has 0 radical (unpaired) electrons. The van der Waals surface area contributed by atoms with E-state index >= 15 is 0 Å². The number of aryl methyl sites for hydroxylation is 1. The molecule has 6 heteroatoms. The molecule has 2 aromatic rings. The number of carbonyl (C=O) groups is 1. The van der Waals surface area contributed by atoms with Gasteiger partial charge in [0.25, 0.3) is 5.91 Å². The number of halogens is 1. The Labute approximate surface area is 183 Å². The molecule has 164 valence electrons. The van der Waals surface area contributed by atoms with E-state index in [2.05, 4.69) is 54.9 Å². The number of fused-ring (bicyclic) bond motifs is 1. The fraction of sp³-hybridized carbons (Fsp3) is 0.400. The van der Waals surface area contributed by atoms with Crippen LogP contribution in [0.3, 0.4) is 0 Å². The summed E-state index contributed by atoms with van der Waals surface area (Å²) in [6.07, 6.45) is 1.80. The Bertz CT molecular complexity index is 1110. The van der Waals surface area contributed by atoms with Crippen molar-refractivity contribution in [3.05, 3.63) is 58.8 Å². The zero-order valence-electron chi connectivity index (χ0n) is 19.1. The van der Waals surface area contributed by atoms with Crippen molar-refractivity contribution in [3.63, 3.8) is 0 Å². The van der Waals surface area contributed by atoms with Crippen LogP contribution >= 0.6 is 0 Å². The average Bonchev–Trinajstić information content (AvgIpc) is 3.20. The van der Waals surface area contributed by atoms with Gasteiger partial charge in [-0.25, -0.2) is 4.39 Å². The molecule has 5 nitrogen and oxygen atoms in total. The third-order valence-electron chi connectivity index (χ3n) is 7.07. The molecular formula is C25H31FN4O. The van der Waals surface area contributed by atoms with Crippen LogP contribution in [0.2, 0.25) is 0 Å². The second kappa shape index (κ2) is 7.38. The molecule has 4 rings (SSSR count). The number of anilines is 2. The first kappa shape index (κ1) is 21.4. The van der Waals surface area contributed by atoms with Crippen molar-refractivity contribution in [3.8, 4) is 0 Å². The third kappa shape index (κ3) is 3.49. The highest BCUT2D eigenvalue weighted by molar-refractivity contribution is 6.34. The van der Waals surface area contributed by atoms with Crippen molar-refractivity contribution in [2.45, 2.75) is 40.2 Å². The summed E-state index contributed by atoms with van der Waals surface area (Å²) in [6, 6.07) is 4.34. The number of rotatable bonds is 4. The van der Waals surface area contributed by atoms with Gasteiger partial charge in [0.1, 0.15) is 5.82 Å². The number of hydrogen-bond donors (Lipinski definition) is 3. The fourth-order valence-corrected chi connectivity index (χ4v) is 5.27. The van der Waals surface area contributed by atoms with E-state index in [9.17, 15) is 9.18 Å². The molecule has 0 spiro atoms. The van der Waals surface area contributed by atoms with Gasteiger partial charge in [-0.3, -0.25) is 4.79 Å². The van der Waals surface area contributed by atoms with E-state index in [0.29, 0.717) is 28.7 Å². The number of nitrogens with zero attached hydrogens (tertiary/aromatic N) is 1. The molecule has 2 unspecified atom stereocenters. The van der Waals surface area contributed by atoms with Gasteiger partial charge in [0, 0.05) is 46.3 Å². The molecule has 2 atom stereocenters. The van der Waals surface area contributed by atoms with E-state index < -0.39 is 0 Å². The van der Waals surface area contributed by atoms with Gasteiger partial charge in [0.2, 0.25) is 0 Å². The number of carbonyl (C=O) groups excluding carboxylic acids is 1. The lowest BCUT2D eigenvalue weighted by Crippen LogP contribution is -2.41. The van der Waals surface area contributed by atoms with Gasteiger partial charge >= 0.3 is 0 Å². The van der Waals surface area contributed by atoms with E-state index in [-0.39, 0.29) is 17.3 Å². The van der Waals surface area contributed by atoms with Crippen LogP contribution in [-0.4, -0.2) is 34.9 Å². The van der Waals surface area contributed by atoms with Gasteiger partial charge in [-0.2, -0.15) is 0 Å². The first-order valence-corrected chi connectivity index (χ1v) is 10.7. The fourth-order valence-electron chi connectivity index (χ4n) is 5.27. The highest BCUT2D eigenvalue weighted by Gasteiger charge is 2.45. The SMILES string of the molecule is C=C(Nc1c(C)[nH]c(/C=C2\C(=O)Nc3ccc(F)cc32)c1C)C1C(C)CN(C)C1(C)C. The van der Waals surface area contributed by atoms with Crippen molar-refractivity contribution in [2.75, 3.05) is 24.2 Å². The number of H-pyrrole nitrogens is 1. The third-order valence-corrected chi connectivity index (χ3v) is 7.07. The molecule has 0 aliphatic carbocycles. The number of nitrogens with one attached hydrogen (secondary N) is 3. The smallest absolute Gasteiger partial charge is 0.256 e. The van der Waals surface area contributed by atoms with E-state index in [0.717, 1.165) is 34.9 Å². The Hall–Kier alpha value is -2.86. The van der Waals surface area contributed by atoms with E-state index in [1.54, 1.807) is 12.1 Å². The lowest BCUT2D eigenvalue weighted by atomic mass is 9.81. The zero-order valence-corrected chi connectivity index (χ0v) is 19.1. The summed E-state index contributed by atoms with van der Waals surface area (Å²) in [7, 11) is 2.16. The second-order valence-electron chi connectivity index (χ2n) is 9.51. The Morgan fingerprint density at radius 2 is 2.06 bits per heavy atom. The van der Waals surface area contributed by atoms with Crippen molar-refractivity contribution in [1.29, 1.82) is 0 Å². The van der Waals surface area contributed by atoms with Crippen molar-refractivity contribution < 1.29 is 9.18 Å². The van der Waals surface area contributed by atoms with Gasteiger partial charge in [-0.05, 0) is 70.5 Å². The molecule has 3 heterocycles. The van der Waals surface area contributed by atoms with Gasteiger partial charge in [0.15, 0.2) is 0 Å². The van der Waals surface area contributed by atoms with Crippen molar-refractivity contribution >= 4 is 28.9 Å². The van der Waals surface area contributed by atoms with E-state index in [1.807, 2.05) is 13.8 Å². The largest absolute Gasteiger partial charge is 0.357 e. The molecule has 3 N–H and O–H groups in total. The van der Waals surface area contributed by atoms with Crippen LogP contribution < -0.4 is 10.6 Å². The molecule has 0 saturated carbocycles. The summed E-state index contributed by atoms with van der Waals surface area (Å²) in [6.45, 7) is 16.2. The first-order chi connectivity index (χ1) is 14.5. The minimum atomic E-state index is -0.363. The summed E-state index contributed by atoms with van der Waals surface area (Å²) in [4.78, 5) is 18.3. The van der Waals surface area contributed by atoms with E-state index in [4.69, 9.17) is 0 Å². The summed E-state index contributed by atoms with van der Waals surface area (Å²) >= 11 is 0. The molecular weight excluding hydrogens is 391 g/mol. The molecule has 1 aromatic heterocycles. The number of likely N-dealkylation sites (tertiary alicyclic amines) is 1. The van der Waals surface area contributed by atoms with Crippen LogP contribution in [0, 0.1) is 31.5 Å². The molecule has 1 fully saturated rings. The predicted octanol–water partition coefficient (Wildman–Crippen LogP) is 5.17. The number of aromatic nitrogens is 1. The van der Waals surface area contributed by atoms with Gasteiger partial charge in [0.05, 0.1) is 11.3 Å². The maximum absolute atomic E-state index is 13.8. The summed E-state index contributed by atoms with van der Waals surface area (Å²) in [5.41, 5.74) is 6.46.